The topological polar surface area (TPSA) is 49.3 Å². The average Bonchev–Trinajstić information content (AvgIpc) is 2.25. The first kappa shape index (κ1) is 14.3. The van der Waals surface area contributed by atoms with Gasteiger partial charge in [0, 0.05) is 0 Å². The Balaban J connectivity index is 2.90. The molecule has 0 radical (unpaired) electrons. The summed E-state index contributed by atoms with van der Waals surface area (Å²) in [6.07, 6.45) is 0. The number of rotatable bonds is 4. The molecule has 2 N–H and O–H groups in total. The molecule has 5 heteroatoms. The summed E-state index contributed by atoms with van der Waals surface area (Å²) in [7, 11) is 0. The Bertz CT molecular complexity index is 387. The van der Waals surface area contributed by atoms with Gasteiger partial charge in [-0.1, -0.05) is 43.1 Å². The van der Waals surface area contributed by atoms with E-state index < -0.39 is 0 Å². The molecule has 1 aromatic rings. The summed E-state index contributed by atoms with van der Waals surface area (Å²) in [5, 5.41) is 12.5. The molecule has 1 rings (SSSR count). The molecule has 0 fully saturated rings. The lowest BCUT2D eigenvalue weighted by Gasteiger charge is -2.20. The van der Waals surface area contributed by atoms with Gasteiger partial charge in [0.25, 0.3) is 5.91 Å². The summed E-state index contributed by atoms with van der Waals surface area (Å²) < 4.78 is 0. The van der Waals surface area contributed by atoms with Gasteiger partial charge in [-0.25, -0.2) is 0 Å². The Morgan fingerprint density at radius 1 is 1.35 bits per heavy atom. The van der Waals surface area contributed by atoms with Crippen molar-refractivity contribution in [1.29, 1.82) is 0 Å². The van der Waals surface area contributed by atoms with Crippen LogP contribution in [0.5, 0.6) is 0 Å². The Kier molecular flexibility index (Phi) is 5.25. The van der Waals surface area contributed by atoms with Gasteiger partial charge in [0.15, 0.2) is 0 Å². The van der Waals surface area contributed by atoms with Crippen LogP contribution in [0, 0.1) is 5.92 Å². The predicted molar refractivity (Wildman–Crippen MR) is 69.6 cm³/mol. The van der Waals surface area contributed by atoms with E-state index in [4.69, 9.17) is 28.3 Å². The molecule has 1 atom stereocenters. The summed E-state index contributed by atoms with van der Waals surface area (Å²) in [5.41, 5.74) is 0.245. The van der Waals surface area contributed by atoms with Crippen molar-refractivity contribution in [3.63, 3.8) is 0 Å². The standard InChI is InChI=1S/C12H15Cl2NO2/c1-7(2)10(6-16)15-12(17)11-8(13)4-3-5-9(11)14/h3-5,7,10,16H,6H2,1-2H3,(H,15,17). The molecule has 0 saturated carbocycles. The molecular formula is C12H15Cl2NO2. The molecule has 1 unspecified atom stereocenters. The van der Waals surface area contributed by atoms with Gasteiger partial charge in [-0.3, -0.25) is 4.79 Å². The van der Waals surface area contributed by atoms with Gasteiger partial charge in [-0.15, -0.1) is 0 Å². The van der Waals surface area contributed by atoms with Gasteiger partial charge in [-0.2, -0.15) is 0 Å². The number of nitrogens with one attached hydrogen (secondary N) is 1. The van der Waals surface area contributed by atoms with E-state index >= 15 is 0 Å². The highest BCUT2D eigenvalue weighted by Crippen LogP contribution is 2.24. The minimum Gasteiger partial charge on any atom is -0.394 e. The molecule has 0 spiro atoms. The molecule has 0 aliphatic heterocycles. The maximum Gasteiger partial charge on any atom is 0.254 e. The molecule has 0 aromatic heterocycles. The first-order valence-electron chi connectivity index (χ1n) is 5.33. The van der Waals surface area contributed by atoms with Crippen LogP contribution in [-0.4, -0.2) is 23.7 Å². The third-order valence-electron chi connectivity index (χ3n) is 2.51. The summed E-state index contributed by atoms with van der Waals surface area (Å²) in [6, 6.07) is 4.57. The normalized spacial score (nSPS) is 12.6. The molecule has 1 aromatic carbocycles. The summed E-state index contributed by atoms with van der Waals surface area (Å²) in [5.74, 6) is -0.237. The molecule has 0 aliphatic rings. The Hall–Kier alpha value is -0.770. The van der Waals surface area contributed by atoms with Crippen molar-refractivity contribution in [2.45, 2.75) is 19.9 Å². The van der Waals surface area contributed by atoms with Gasteiger partial charge >= 0.3 is 0 Å². The highest BCUT2D eigenvalue weighted by atomic mass is 35.5. The van der Waals surface area contributed by atoms with Gasteiger partial charge in [-0.05, 0) is 18.1 Å². The van der Waals surface area contributed by atoms with E-state index in [9.17, 15) is 4.79 Å². The minimum absolute atomic E-state index is 0.120. The molecule has 0 bridgehead atoms. The van der Waals surface area contributed by atoms with E-state index in [0.29, 0.717) is 10.0 Å². The van der Waals surface area contributed by atoms with Crippen molar-refractivity contribution in [2.75, 3.05) is 6.61 Å². The summed E-state index contributed by atoms with van der Waals surface area (Å²) in [6.45, 7) is 3.70. The Labute approximate surface area is 111 Å². The molecule has 0 aliphatic carbocycles. The highest BCUT2D eigenvalue weighted by Gasteiger charge is 2.19. The lowest BCUT2D eigenvalue weighted by Crippen LogP contribution is -2.41. The maximum atomic E-state index is 12.0. The number of aliphatic hydroxyl groups is 1. The third kappa shape index (κ3) is 3.60. The van der Waals surface area contributed by atoms with Crippen LogP contribution in [0.25, 0.3) is 0 Å². The number of carbonyl (C=O) groups is 1. The van der Waals surface area contributed by atoms with Gasteiger partial charge in [0.05, 0.1) is 28.3 Å². The van der Waals surface area contributed by atoms with E-state index in [2.05, 4.69) is 5.32 Å². The number of amides is 1. The number of hydrogen-bond donors (Lipinski definition) is 2. The SMILES string of the molecule is CC(C)C(CO)NC(=O)c1c(Cl)cccc1Cl. The van der Waals surface area contributed by atoms with Gasteiger partial charge in [0.2, 0.25) is 0 Å². The van der Waals surface area contributed by atoms with Crippen LogP contribution in [0.3, 0.4) is 0 Å². The number of aliphatic hydroxyl groups excluding tert-OH is 1. The number of halogens is 2. The molecule has 0 heterocycles. The molecule has 0 saturated heterocycles. The lowest BCUT2D eigenvalue weighted by atomic mass is 10.0. The van der Waals surface area contributed by atoms with Crippen molar-refractivity contribution in [1.82, 2.24) is 5.32 Å². The van der Waals surface area contributed by atoms with Crippen molar-refractivity contribution in [3.8, 4) is 0 Å². The van der Waals surface area contributed by atoms with Crippen LogP contribution in [0.1, 0.15) is 24.2 Å². The van der Waals surface area contributed by atoms with Gasteiger partial charge < -0.3 is 10.4 Å². The van der Waals surface area contributed by atoms with Crippen molar-refractivity contribution in [3.05, 3.63) is 33.8 Å². The van der Waals surface area contributed by atoms with Crippen molar-refractivity contribution in [2.24, 2.45) is 5.92 Å². The number of benzene rings is 1. The monoisotopic (exact) mass is 275 g/mol. The predicted octanol–water partition coefficient (Wildman–Crippen LogP) is 2.74. The van der Waals surface area contributed by atoms with Crippen LogP contribution in [-0.2, 0) is 0 Å². The second-order valence-electron chi connectivity index (χ2n) is 4.10. The molecule has 17 heavy (non-hydrogen) atoms. The third-order valence-corrected chi connectivity index (χ3v) is 3.14. The fourth-order valence-corrected chi connectivity index (χ4v) is 1.95. The molecule has 1 amide bonds. The second kappa shape index (κ2) is 6.24. The summed E-state index contributed by atoms with van der Waals surface area (Å²) >= 11 is 11.8. The summed E-state index contributed by atoms with van der Waals surface area (Å²) in [4.78, 5) is 12.0. The fourth-order valence-electron chi connectivity index (χ4n) is 1.38. The zero-order chi connectivity index (χ0) is 13.0. The Morgan fingerprint density at radius 3 is 2.29 bits per heavy atom. The minimum atomic E-state index is -0.367. The van der Waals surface area contributed by atoms with Crippen LogP contribution < -0.4 is 5.32 Å². The smallest absolute Gasteiger partial charge is 0.254 e. The molecular weight excluding hydrogens is 261 g/mol. The van der Waals surface area contributed by atoms with Crippen LogP contribution >= 0.6 is 23.2 Å². The first-order chi connectivity index (χ1) is 7.97. The van der Waals surface area contributed by atoms with E-state index in [0.717, 1.165) is 0 Å². The van der Waals surface area contributed by atoms with Crippen molar-refractivity contribution >= 4 is 29.1 Å². The highest BCUT2D eigenvalue weighted by molar-refractivity contribution is 6.39. The fraction of sp³-hybridized carbons (Fsp3) is 0.417. The van der Waals surface area contributed by atoms with Crippen LogP contribution in [0.4, 0.5) is 0 Å². The van der Waals surface area contributed by atoms with Gasteiger partial charge in [0.1, 0.15) is 0 Å². The number of carbonyl (C=O) groups excluding carboxylic acids is 1. The van der Waals surface area contributed by atoms with E-state index in [1.165, 1.54) is 0 Å². The van der Waals surface area contributed by atoms with Crippen molar-refractivity contribution < 1.29 is 9.90 Å². The maximum absolute atomic E-state index is 12.0. The van der Waals surface area contributed by atoms with E-state index in [1.807, 2.05) is 13.8 Å². The largest absolute Gasteiger partial charge is 0.394 e. The Morgan fingerprint density at radius 2 is 1.88 bits per heavy atom. The zero-order valence-corrected chi connectivity index (χ0v) is 11.2. The number of hydrogen-bond acceptors (Lipinski definition) is 2. The average molecular weight is 276 g/mol. The van der Waals surface area contributed by atoms with E-state index in [-0.39, 0.29) is 30.0 Å². The van der Waals surface area contributed by atoms with E-state index in [1.54, 1.807) is 18.2 Å². The first-order valence-corrected chi connectivity index (χ1v) is 6.08. The zero-order valence-electron chi connectivity index (χ0n) is 9.71. The van der Waals surface area contributed by atoms with Crippen LogP contribution in [0.15, 0.2) is 18.2 Å². The van der Waals surface area contributed by atoms with Crippen LogP contribution in [0.2, 0.25) is 10.0 Å². The molecule has 94 valence electrons. The second-order valence-corrected chi connectivity index (χ2v) is 4.92. The quantitative estimate of drug-likeness (QED) is 0.888. The lowest BCUT2D eigenvalue weighted by molar-refractivity contribution is 0.0897. The molecule has 3 nitrogen and oxygen atoms in total.